The molecule has 20 heavy (non-hydrogen) atoms. The number of nitrogens with zero attached hydrogens (tertiary/aromatic N) is 1. The molecule has 1 amide bonds. The molecule has 3 heteroatoms. The van der Waals surface area contributed by atoms with Crippen molar-refractivity contribution in [2.45, 2.75) is 78.2 Å². The summed E-state index contributed by atoms with van der Waals surface area (Å²) in [4.78, 5) is 14.4. The molecule has 116 valence electrons. The Morgan fingerprint density at radius 3 is 2.15 bits per heavy atom. The Labute approximate surface area is 124 Å². The van der Waals surface area contributed by atoms with Crippen LogP contribution >= 0.6 is 0 Å². The number of piperidine rings is 1. The molecule has 1 saturated heterocycles. The number of hydrogen-bond acceptors (Lipinski definition) is 2. The van der Waals surface area contributed by atoms with Crippen LogP contribution in [0.5, 0.6) is 0 Å². The van der Waals surface area contributed by atoms with E-state index >= 15 is 0 Å². The van der Waals surface area contributed by atoms with Gasteiger partial charge in [0.15, 0.2) is 0 Å². The third-order valence-corrected chi connectivity index (χ3v) is 5.60. The third-order valence-electron chi connectivity index (χ3n) is 5.60. The first-order valence-corrected chi connectivity index (χ1v) is 8.36. The van der Waals surface area contributed by atoms with Crippen molar-refractivity contribution in [3.8, 4) is 0 Å². The Balaban J connectivity index is 1.82. The molecule has 1 aliphatic carbocycles. The largest absolute Gasteiger partial charge is 0.343 e. The van der Waals surface area contributed by atoms with Gasteiger partial charge in [0, 0.05) is 25.6 Å². The lowest BCUT2D eigenvalue weighted by Gasteiger charge is -2.44. The Bertz CT molecular complexity index is 329. The van der Waals surface area contributed by atoms with E-state index < -0.39 is 0 Å². The fraction of sp³-hybridized carbons (Fsp3) is 0.941. The van der Waals surface area contributed by atoms with E-state index in [2.05, 4.69) is 25.7 Å². The molecule has 0 aromatic rings. The van der Waals surface area contributed by atoms with E-state index in [1.165, 1.54) is 44.9 Å². The standard InChI is InChI=1S/C17H32N2O/c1-16(2,3)14(18)13-15(20)19-11-9-17(10-12-19)7-5-4-6-8-17/h14H,4-13,18H2,1-3H3. The van der Waals surface area contributed by atoms with Crippen LogP contribution in [-0.4, -0.2) is 29.9 Å². The van der Waals surface area contributed by atoms with Gasteiger partial charge in [-0.25, -0.2) is 0 Å². The van der Waals surface area contributed by atoms with E-state index in [-0.39, 0.29) is 17.4 Å². The summed E-state index contributed by atoms with van der Waals surface area (Å²) < 4.78 is 0. The first kappa shape index (κ1) is 15.8. The normalized spacial score (nSPS) is 24.7. The van der Waals surface area contributed by atoms with E-state index in [1.54, 1.807) is 0 Å². The van der Waals surface area contributed by atoms with Crippen molar-refractivity contribution in [1.82, 2.24) is 4.90 Å². The Kier molecular flexibility index (Phi) is 4.78. The summed E-state index contributed by atoms with van der Waals surface area (Å²) in [5.74, 6) is 0.262. The molecule has 2 N–H and O–H groups in total. The average molecular weight is 280 g/mol. The van der Waals surface area contributed by atoms with E-state index in [1.807, 2.05) is 0 Å². The maximum Gasteiger partial charge on any atom is 0.224 e. The molecule has 1 spiro atoms. The number of likely N-dealkylation sites (tertiary alicyclic amines) is 1. The Morgan fingerprint density at radius 1 is 1.10 bits per heavy atom. The molecule has 0 aromatic carbocycles. The predicted octanol–water partition coefficient (Wildman–Crippen LogP) is 3.32. The van der Waals surface area contributed by atoms with Gasteiger partial charge in [0.25, 0.3) is 0 Å². The maximum atomic E-state index is 12.4. The van der Waals surface area contributed by atoms with Crippen molar-refractivity contribution in [2.75, 3.05) is 13.1 Å². The minimum atomic E-state index is -0.0411. The zero-order valence-corrected chi connectivity index (χ0v) is 13.6. The van der Waals surface area contributed by atoms with Crippen molar-refractivity contribution in [3.63, 3.8) is 0 Å². The molecule has 3 nitrogen and oxygen atoms in total. The molecule has 2 fully saturated rings. The van der Waals surface area contributed by atoms with E-state index in [9.17, 15) is 4.79 Å². The summed E-state index contributed by atoms with van der Waals surface area (Å²) in [6, 6.07) is -0.0411. The number of carbonyl (C=O) groups excluding carboxylic acids is 1. The van der Waals surface area contributed by atoms with Crippen molar-refractivity contribution in [1.29, 1.82) is 0 Å². The molecule has 0 aromatic heterocycles. The molecule has 0 radical (unpaired) electrons. The number of carbonyl (C=O) groups is 1. The molecule has 2 aliphatic rings. The second-order valence-electron chi connectivity index (χ2n) is 8.12. The molecule has 1 heterocycles. The summed E-state index contributed by atoms with van der Waals surface area (Å²) in [5.41, 5.74) is 6.73. The summed E-state index contributed by atoms with van der Waals surface area (Å²) in [5, 5.41) is 0. The lowest BCUT2D eigenvalue weighted by Crippen LogP contribution is -2.47. The quantitative estimate of drug-likeness (QED) is 0.843. The first-order chi connectivity index (χ1) is 9.32. The van der Waals surface area contributed by atoms with Crippen LogP contribution in [0, 0.1) is 10.8 Å². The van der Waals surface area contributed by atoms with Crippen molar-refractivity contribution in [3.05, 3.63) is 0 Å². The topological polar surface area (TPSA) is 46.3 Å². The monoisotopic (exact) mass is 280 g/mol. The summed E-state index contributed by atoms with van der Waals surface area (Å²) in [6.45, 7) is 8.24. The van der Waals surface area contributed by atoms with Gasteiger partial charge in [-0.2, -0.15) is 0 Å². The molecular formula is C17H32N2O. The van der Waals surface area contributed by atoms with Gasteiger partial charge in [0.05, 0.1) is 0 Å². The highest BCUT2D eigenvalue weighted by atomic mass is 16.2. The smallest absolute Gasteiger partial charge is 0.224 e. The SMILES string of the molecule is CC(C)(C)C(N)CC(=O)N1CCC2(CCCCC2)CC1. The number of hydrogen-bond donors (Lipinski definition) is 1. The van der Waals surface area contributed by atoms with E-state index in [4.69, 9.17) is 5.73 Å². The minimum absolute atomic E-state index is 0.00996. The first-order valence-electron chi connectivity index (χ1n) is 8.36. The maximum absolute atomic E-state index is 12.4. The molecule has 0 bridgehead atoms. The number of nitrogens with two attached hydrogens (primary N) is 1. The van der Waals surface area contributed by atoms with Crippen molar-refractivity contribution >= 4 is 5.91 Å². The van der Waals surface area contributed by atoms with Gasteiger partial charge in [0.2, 0.25) is 5.91 Å². The van der Waals surface area contributed by atoms with Gasteiger partial charge in [-0.15, -0.1) is 0 Å². The molecule has 2 rings (SSSR count). The van der Waals surface area contributed by atoms with Crippen LogP contribution in [0.3, 0.4) is 0 Å². The highest BCUT2D eigenvalue weighted by Crippen LogP contribution is 2.44. The van der Waals surface area contributed by atoms with Gasteiger partial charge in [-0.1, -0.05) is 40.0 Å². The lowest BCUT2D eigenvalue weighted by atomic mass is 9.68. The van der Waals surface area contributed by atoms with Crippen molar-refractivity contribution in [2.24, 2.45) is 16.6 Å². The Morgan fingerprint density at radius 2 is 1.65 bits per heavy atom. The second kappa shape index (κ2) is 6.05. The summed E-state index contributed by atoms with van der Waals surface area (Å²) in [7, 11) is 0. The second-order valence-corrected chi connectivity index (χ2v) is 8.12. The summed E-state index contributed by atoms with van der Waals surface area (Å²) in [6.07, 6.45) is 9.88. The van der Waals surface area contributed by atoms with E-state index in [0.29, 0.717) is 11.8 Å². The molecule has 1 saturated carbocycles. The number of amides is 1. The van der Waals surface area contributed by atoms with Crippen LogP contribution in [-0.2, 0) is 4.79 Å². The fourth-order valence-electron chi connectivity index (χ4n) is 3.66. The zero-order chi connectivity index (χ0) is 14.8. The highest BCUT2D eigenvalue weighted by molar-refractivity contribution is 5.77. The average Bonchev–Trinajstić information content (AvgIpc) is 2.39. The predicted molar refractivity (Wildman–Crippen MR) is 83.4 cm³/mol. The van der Waals surface area contributed by atoms with Crippen LogP contribution in [0.15, 0.2) is 0 Å². The van der Waals surface area contributed by atoms with Crippen LogP contribution < -0.4 is 5.73 Å². The third kappa shape index (κ3) is 3.75. The molecule has 1 unspecified atom stereocenters. The van der Waals surface area contributed by atoms with Crippen LogP contribution in [0.2, 0.25) is 0 Å². The van der Waals surface area contributed by atoms with Crippen molar-refractivity contribution < 1.29 is 4.79 Å². The van der Waals surface area contributed by atoms with Gasteiger partial charge < -0.3 is 10.6 Å². The van der Waals surface area contributed by atoms with Gasteiger partial charge in [-0.3, -0.25) is 4.79 Å². The lowest BCUT2D eigenvalue weighted by molar-refractivity contribution is -0.134. The van der Waals surface area contributed by atoms with Gasteiger partial charge >= 0.3 is 0 Å². The molecular weight excluding hydrogens is 248 g/mol. The minimum Gasteiger partial charge on any atom is -0.343 e. The fourth-order valence-corrected chi connectivity index (χ4v) is 3.66. The zero-order valence-electron chi connectivity index (χ0n) is 13.6. The molecule has 1 aliphatic heterocycles. The van der Waals surface area contributed by atoms with E-state index in [0.717, 1.165) is 13.1 Å². The highest BCUT2D eigenvalue weighted by Gasteiger charge is 2.37. The summed E-state index contributed by atoms with van der Waals surface area (Å²) >= 11 is 0. The molecule has 1 atom stereocenters. The van der Waals surface area contributed by atoms with Gasteiger partial charge in [-0.05, 0) is 36.5 Å². The van der Waals surface area contributed by atoms with Gasteiger partial charge in [0.1, 0.15) is 0 Å². The Hall–Kier alpha value is -0.570. The number of rotatable bonds is 2. The van der Waals surface area contributed by atoms with Crippen LogP contribution in [0.25, 0.3) is 0 Å². The van der Waals surface area contributed by atoms with Crippen LogP contribution in [0.4, 0.5) is 0 Å². The van der Waals surface area contributed by atoms with Crippen LogP contribution in [0.1, 0.15) is 72.1 Å².